The van der Waals surface area contributed by atoms with Crippen LogP contribution in [0.5, 0.6) is 11.5 Å². The number of carbonyl (C=O) groups excluding carboxylic acids is 2. The van der Waals surface area contributed by atoms with Crippen LogP contribution < -0.4 is 19.5 Å². The van der Waals surface area contributed by atoms with E-state index in [0.29, 0.717) is 11.3 Å². The Labute approximate surface area is 279 Å². The average molecular weight is 668 g/mol. The lowest BCUT2D eigenvalue weighted by Gasteiger charge is -2.31. The summed E-state index contributed by atoms with van der Waals surface area (Å²) in [6.45, 7) is -0.117. The summed E-state index contributed by atoms with van der Waals surface area (Å²) in [5, 5.41) is 2.97. The van der Waals surface area contributed by atoms with Crippen molar-refractivity contribution >= 4 is 27.5 Å². The molecule has 0 radical (unpaired) electrons. The van der Waals surface area contributed by atoms with Crippen molar-refractivity contribution < 1.29 is 31.9 Å². The SMILES string of the molecule is COc1ccccc1CNC(=O)[C@H](c1ccccc1)N(Cc1ccccc1)C(=O)COc1ccc(S(=O)(=O)Nc2ccc(F)cc2)cc1. The summed E-state index contributed by atoms with van der Waals surface area (Å²) in [4.78, 5) is 29.3. The molecule has 0 aliphatic heterocycles. The summed E-state index contributed by atoms with van der Waals surface area (Å²) in [6.07, 6.45) is 0. The van der Waals surface area contributed by atoms with E-state index in [2.05, 4.69) is 10.0 Å². The van der Waals surface area contributed by atoms with E-state index in [0.717, 1.165) is 23.3 Å². The van der Waals surface area contributed by atoms with E-state index in [4.69, 9.17) is 9.47 Å². The molecule has 0 bridgehead atoms. The van der Waals surface area contributed by atoms with Gasteiger partial charge in [-0.2, -0.15) is 0 Å². The lowest BCUT2D eigenvalue weighted by molar-refractivity contribution is -0.143. The number of anilines is 1. The van der Waals surface area contributed by atoms with Crippen molar-refractivity contribution in [1.29, 1.82) is 0 Å². The van der Waals surface area contributed by atoms with Gasteiger partial charge < -0.3 is 19.7 Å². The second-order valence-corrected chi connectivity index (χ2v) is 12.4. The maximum absolute atomic E-state index is 13.9. The van der Waals surface area contributed by atoms with Crippen molar-refractivity contribution in [2.45, 2.75) is 24.0 Å². The normalized spacial score (nSPS) is 11.6. The Bertz CT molecular complexity index is 1920. The number of rotatable bonds is 14. The fourth-order valence-electron chi connectivity index (χ4n) is 5.01. The van der Waals surface area contributed by atoms with Gasteiger partial charge in [-0.05, 0) is 65.7 Å². The van der Waals surface area contributed by atoms with Crippen molar-refractivity contribution in [3.63, 3.8) is 0 Å². The zero-order valence-corrected chi connectivity index (χ0v) is 26.9. The Hall–Kier alpha value is -5.68. The monoisotopic (exact) mass is 667 g/mol. The van der Waals surface area contributed by atoms with Gasteiger partial charge in [0.1, 0.15) is 23.4 Å². The molecule has 0 unspecified atom stereocenters. The minimum absolute atomic E-state index is 0.0490. The maximum atomic E-state index is 13.9. The molecule has 0 saturated carbocycles. The van der Waals surface area contributed by atoms with Crippen LogP contribution in [0.2, 0.25) is 0 Å². The van der Waals surface area contributed by atoms with Gasteiger partial charge in [0.25, 0.3) is 15.9 Å². The van der Waals surface area contributed by atoms with Crippen LogP contribution in [-0.2, 0) is 32.7 Å². The lowest BCUT2D eigenvalue weighted by atomic mass is 10.0. The molecule has 0 aromatic heterocycles. The van der Waals surface area contributed by atoms with Crippen LogP contribution in [0.15, 0.2) is 138 Å². The van der Waals surface area contributed by atoms with Crippen molar-refractivity contribution in [2.75, 3.05) is 18.4 Å². The van der Waals surface area contributed by atoms with Crippen molar-refractivity contribution in [1.82, 2.24) is 10.2 Å². The van der Waals surface area contributed by atoms with E-state index >= 15 is 0 Å². The molecule has 0 aliphatic carbocycles. The van der Waals surface area contributed by atoms with Gasteiger partial charge in [0, 0.05) is 24.3 Å². The van der Waals surface area contributed by atoms with Gasteiger partial charge in [-0.25, -0.2) is 12.8 Å². The van der Waals surface area contributed by atoms with Crippen LogP contribution >= 0.6 is 0 Å². The number of hydrogen-bond donors (Lipinski definition) is 2. The first-order chi connectivity index (χ1) is 23.2. The number of hydrogen-bond acceptors (Lipinski definition) is 6. The molecule has 0 spiro atoms. The molecule has 48 heavy (non-hydrogen) atoms. The number of nitrogens with zero attached hydrogens (tertiary/aromatic N) is 1. The number of ether oxygens (including phenoxy) is 2. The number of benzene rings is 5. The quantitative estimate of drug-likeness (QED) is 0.148. The number of sulfonamides is 1. The van der Waals surface area contributed by atoms with Gasteiger partial charge in [0.2, 0.25) is 5.91 Å². The third-order valence-corrected chi connectivity index (χ3v) is 8.83. The molecule has 0 aliphatic rings. The Morgan fingerprint density at radius 1 is 0.792 bits per heavy atom. The minimum atomic E-state index is -3.96. The van der Waals surface area contributed by atoms with Crippen molar-refractivity contribution in [3.05, 3.63) is 156 Å². The highest BCUT2D eigenvalue weighted by atomic mass is 32.2. The van der Waals surface area contributed by atoms with E-state index in [1.807, 2.05) is 60.7 Å². The molecular formula is C37H34FN3O6S. The van der Waals surface area contributed by atoms with Gasteiger partial charge in [0.05, 0.1) is 12.0 Å². The number of nitrogens with one attached hydrogen (secondary N) is 2. The predicted octanol–water partition coefficient (Wildman–Crippen LogP) is 6.10. The molecule has 1 atom stereocenters. The number of amides is 2. The van der Waals surface area contributed by atoms with Gasteiger partial charge in [-0.3, -0.25) is 14.3 Å². The Balaban J connectivity index is 1.35. The molecule has 5 aromatic rings. The van der Waals surface area contributed by atoms with Gasteiger partial charge in [-0.1, -0.05) is 78.9 Å². The van der Waals surface area contributed by atoms with Crippen LogP contribution in [0.1, 0.15) is 22.7 Å². The summed E-state index contributed by atoms with van der Waals surface area (Å²) < 4.78 is 52.5. The molecule has 2 amide bonds. The third-order valence-electron chi connectivity index (χ3n) is 7.43. The van der Waals surface area contributed by atoms with E-state index in [1.165, 1.54) is 41.3 Å². The van der Waals surface area contributed by atoms with Crippen LogP contribution in [0, 0.1) is 5.82 Å². The minimum Gasteiger partial charge on any atom is -0.496 e. The Kier molecular flexibility index (Phi) is 11.0. The van der Waals surface area contributed by atoms with Crippen molar-refractivity contribution in [2.24, 2.45) is 0 Å². The summed E-state index contributed by atoms with van der Waals surface area (Å²) >= 11 is 0. The van der Waals surface area contributed by atoms with Gasteiger partial charge >= 0.3 is 0 Å². The summed E-state index contributed by atoms with van der Waals surface area (Å²) in [5.74, 6) is -0.459. The van der Waals surface area contributed by atoms with Crippen LogP contribution in [0.25, 0.3) is 0 Å². The fraction of sp³-hybridized carbons (Fsp3) is 0.135. The summed E-state index contributed by atoms with van der Waals surface area (Å²) in [5.41, 5.74) is 2.42. The molecule has 0 saturated heterocycles. The highest BCUT2D eigenvalue weighted by molar-refractivity contribution is 7.92. The number of halogens is 1. The van der Waals surface area contributed by atoms with E-state index in [9.17, 15) is 22.4 Å². The molecule has 2 N–H and O–H groups in total. The van der Waals surface area contributed by atoms with Gasteiger partial charge in [-0.15, -0.1) is 0 Å². The summed E-state index contributed by atoms with van der Waals surface area (Å²) in [7, 11) is -2.40. The molecule has 0 fully saturated rings. The highest BCUT2D eigenvalue weighted by Gasteiger charge is 2.32. The van der Waals surface area contributed by atoms with E-state index in [-0.39, 0.29) is 35.3 Å². The highest BCUT2D eigenvalue weighted by Crippen LogP contribution is 2.26. The molecule has 0 heterocycles. The maximum Gasteiger partial charge on any atom is 0.261 e. The molecule has 246 valence electrons. The topological polar surface area (TPSA) is 114 Å². The molecule has 11 heteroatoms. The van der Waals surface area contributed by atoms with Crippen LogP contribution in [-0.4, -0.2) is 38.8 Å². The zero-order valence-electron chi connectivity index (χ0n) is 26.1. The number of carbonyl (C=O) groups is 2. The first-order valence-electron chi connectivity index (χ1n) is 15.0. The molecule has 9 nitrogen and oxygen atoms in total. The van der Waals surface area contributed by atoms with Crippen molar-refractivity contribution in [3.8, 4) is 11.5 Å². The third kappa shape index (κ3) is 8.77. The zero-order chi connectivity index (χ0) is 33.9. The van der Waals surface area contributed by atoms with Gasteiger partial charge in [0.15, 0.2) is 6.61 Å². The standard InChI is InChI=1S/C37H34FN3O6S/c1-46-34-15-9-8-14-29(34)24-39-37(43)36(28-12-6-3-7-13-28)41(25-27-10-4-2-5-11-27)35(42)26-47-32-20-22-33(23-21-32)48(44,45)40-31-18-16-30(38)17-19-31/h2-23,36,40H,24-26H2,1H3,(H,39,43)/t36-/m0/s1. The average Bonchev–Trinajstić information content (AvgIpc) is 3.11. The second kappa shape index (κ2) is 15.7. The Morgan fingerprint density at radius 2 is 1.42 bits per heavy atom. The number of methoxy groups -OCH3 is 1. The Morgan fingerprint density at radius 3 is 2.08 bits per heavy atom. The molecular weight excluding hydrogens is 633 g/mol. The first kappa shape index (κ1) is 33.7. The number of para-hydroxylation sites is 1. The first-order valence-corrected chi connectivity index (χ1v) is 16.5. The predicted molar refractivity (Wildman–Crippen MR) is 180 cm³/mol. The summed E-state index contributed by atoms with van der Waals surface area (Å²) in [6, 6.07) is 35.2. The largest absolute Gasteiger partial charge is 0.496 e. The smallest absolute Gasteiger partial charge is 0.261 e. The second-order valence-electron chi connectivity index (χ2n) is 10.7. The van der Waals surface area contributed by atoms with Crippen LogP contribution in [0.3, 0.4) is 0 Å². The van der Waals surface area contributed by atoms with E-state index < -0.39 is 34.4 Å². The van der Waals surface area contributed by atoms with Crippen LogP contribution in [0.4, 0.5) is 10.1 Å². The van der Waals surface area contributed by atoms with E-state index in [1.54, 1.807) is 31.4 Å². The lowest BCUT2D eigenvalue weighted by Crippen LogP contribution is -2.45. The molecule has 5 rings (SSSR count). The fourth-order valence-corrected chi connectivity index (χ4v) is 6.07. The molecule has 5 aromatic carbocycles.